The number of ether oxygens (including phenoxy) is 1. The predicted octanol–water partition coefficient (Wildman–Crippen LogP) is 2.68. The molecule has 134 valence electrons. The third kappa shape index (κ3) is 3.55. The summed E-state index contributed by atoms with van der Waals surface area (Å²) in [7, 11) is 0. The van der Waals surface area contributed by atoms with Gasteiger partial charge in [0.1, 0.15) is 6.42 Å². The van der Waals surface area contributed by atoms with E-state index < -0.39 is 16.6 Å². The predicted molar refractivity (Wildman–Crippen MR) is 93.2 cm³/mol. The number of nitro groups is 1. The maximum absolute atomic E-state index is 12.1. The van der Waals surface area contributed by atoms with Crippen molar-refractivity contribution in [3.05, 3.63) is 75.8 Å². The van der Waals surface area contributed by atoms with Crippen molar-refractivity contribution in [1.82, 2.24) is 5.48 Å². The third-order valence-electron chi connectivity index (χ3n) is 3.87. The Balaban J connectivity index is 1.95. The van der Waals surface area contributed by atoms with Gasteiger partial charge in [0.05, 0.1) is 11.5 Å². The van der Waals surface area contributed by atoms with E-state index in [1.807, 2.05) is 30.3 Å². The molecule has 8 nitrogen and oxygen atoms in total. The van der Waals surface area contributed by atoms with Crippen LogP contribution in [-0.2, 0) is 20.1 Å². The van der Waals surface area contributed by atoms with Gasteiger partial charge in [0.25, 0.3) is 5.69 Å². The molecule has 26 heavy (non-hydrogen) atoms. The SMILES string of the molecule is CCOC(=O)CC1(c2ccccc2)N=C(c2ccc([N+](=O)[O-])cc2)NO1. The molecule has 1 aliphatic heterocycles. The van der Waals surface area contributed by atoms with Gasteiger partial charge in [0.15, 0.2) is 5.84 Å². The molecule has 0 bridgehead atoms. The maximum Gasteiger partial charge on any atom is 0.311 e. The minimum absolute atomic E-state index is 0.0193. The molecule has 0 amide bonds. The van der Waals surface area contributed by atoms with E-state index in [1.165, 1.54) is 12.1 Å². The highest BCUT2D eigenvalue weighted by molar-refractivity contribution is 5.99. The molecular weight excluding hydrogens is 338 g/mol. The molecule has 0 aromatic heterocycles. The summed E-state index contributed by atoms with van der Waals surface area (Å²) in [6, 6.07) is 15.0. The average Bonchev–Trinajstić information content (AvgIpc) is 3.08. The molecule has 1 unspecified atom stereocenters. The van der Waals surface area contributed by atoms with Crippen LogP contribution in [0.15, 0.2) is 59.6 Å². The monoisotopic (exact) mass is 355 g/mol. The van der Waals surface area contributed by atoms with Gasteiger partial charge in [-0.25, -0.2) is 15.3 Å². The Bertz CT molecular complexity index is 836. The summed E-state index contributed by atoms with van der Waals surface area (Å²) >= 11 is 0. The highest BCUT2D eigenvalue weighted by Crippen LogP contribution is 2.35. The topological polar surface area (TPSA) is 103 Å². The van der Waals surface area contributed by atoms with Crippen molar-refractivity contribution in [2.24, 2.45) is 4.99 Å². The van der Waals surface area contributed by atoms with Gasteiger partial charge in [-0.2, -0.15) is 0 Å². The van der Waals surface area contributed by atoms with Crippen molar-refractivity contribution in [3.63, 3.8) is 0 Å². The number of nitrogens with zero attached hydrogens (tertiary/aromatic N) is 2. The summed E-state index contributed by atoms with van der Waals surface area (Å²) in [5.74, 6) is -0.0556. The van der Waals surface area contributed by atoms with Crippen LogP contribution >= 0.6 is 0 Å². The van der Waals surface area contributed by atoms with Gasteiger partial charge in [0.2, 0.25) is 5.72 Å². The minimum Gasteiger partial charge on any atom is -0.466 e. The van der Waals surface area contributed by atoms with Crippen LogP contribution in [0.5, 0.6) is 0 Å². The lowest BCUT2D eigenvalue weighted by Gasteiger charge is -2.23. The van der Waals surface area contributed by atoms with Crippen LogP contribution in [0, 0.1) is 10.1 Å². The van der Waals surface area contributed by atoms with Crippen molar-refractivity contribution in [2.75, 3.05) is 6.61 Å². The van der Waals surface area contributed by atoms with Crippen LogP contribution < -0.4 is 5.48 Å². The zero-order valence-corrected chi connectivity index (χ0v) is 14.0. The number of esters is 1. The molecule has 0 saturated heterocycles. The fourth-order valence-corrected chi connectivity index (χ4v) is 2.63. The number of benzene rings is 2. The second kappa shape index (κ2) is 7.32. The van der Waals surface area contributed by atoms with Crippen molar-refractivity contribution in [1.29, 1.82) is 0 Å². The van der Waals surface area contributed by atoms with E-state index >= 15 is 0 Å². The number of carbonyl (C=O) groups is 1. The third-order valence-corrected chi connectivity index (χ3v) is 3.87. The molecule has 8 heteroatoms. The van der Waals surface area contributed by atoms with E-state index in [-0.39, 0.29) is 18.7 Å². The number of nitro benzene ring substituents is 1. The Morgan fingerprint density at radius 2 is 1.92 bits per heavy atom. The summed E-state index contributed by atoms with van der Waals surface area (Å²) in [6.07, 6.45) is -0.103. The molecule has 1 aliphatic rings. The number of carbonyl (C=O) groups excluding carboxylic acids is 1. The van der Waals surface area contributed by atoms with E-state index in [9.17, 15) is 14.9 Å². The van der Waals surface area contributed by atoms with Crippen LogP contribution in [-0.4, -0.2) is 23.3 Å². The van der Waals surface area contributed by atoms with E-state index in [1.54, 1.807) is 19.1 Å². The molecule has 0 radical (unpaired) electrons. The second-order valence-corrected chi connectivity index (χ2v) is 5.60. The highest BCUT2D eigenvalue weighted by Gasteiger charge is 2.42. The number of hydrogen-bond acceptors (Lipinski definition) is 7. The van der Waals surface area contributed by atoms with E-state index in [2.05, 4.69) is 10.5 Å². The summed E-state index contributed by atoms with van der Waals surface area (Å²) in [6.45, 7) is 1.99. The number of rotatable bonds is 6. The lowest BCUT2D eigenvalue weighted by atomic mass is 10.00. The molecule has 3 rings (SSSR count). The summed E-state index contributed by atoms with van der Waals surface area (Å²) < 4.78 is 5.04. The zero-order valence-electron chi connectivity index (χ0n) is 14.0. The van der Waals surface area contributed by atoms with Gasteiger partial charge >= 0.3 is 5.97 Å². The number of amidine groups is 1. The Kier molecular flexibility index (Phi) is 4.94. The molecule has 1 heterocycles. The van der Waals surface area contributed by atoms with Gasteiger partial charge in [-0.05, 0) is 19.1 Å². The lowest BCUT2D eigenvalue weighted by molar-refractivity contribution is -0.384. The first-order valence-electron chi connectivity index (χ1n) is 8.04. The molecular formula is C18H17N3O5. The highest BCUT2D eigenvalue weighted by atomic mass is 16.7. The lowest BCUT2D eigenvalue weighted by Crippen LogP contribution is -2.31. The van der Waals surface area contributed by atoms with Gasteiger partial charge < -0.3 is 4.74 Å². The normalized spacial score (nSPS) is 18.7. The average molecular weight is 355 g/mol. The largest absolute Gasteiger partial charge is 0.466 e. The molecule has 1 N–H and O–H groups in total. The Morgan fingerprint density at radius 3 is 2.54 bits per heavy atom. The maximum atomic E-state index is 12.1. The Morgan fingerprint density at radius 1 is 1.23 bits per heavy atom. The van der Waals surface area contributed by atoms with Gasteiger partial charge in [-0.3, -0.25) is 14.9 Å². The van der Waals surface area contributed by atoms with E-state index in [0.29, 0.717) is 17.0 Å². The summed E-state index contributed by atoms with van der Waals surface area (Å²) in [5, 5.41) is 10.8. The minimum atomic E-state index is -1.26. The van der Waals surface area contributed by atoms with Crippen LogP contribution in [0.3, 0.4) is 0 Å². The molecule has 0 spiro atoms. The molecule has 0 saturated carbocycles. The van der Waals surface area contributed by atoms with E-state index in [0.717, 1.165) is 0 Å². The molecule has 0 fully saturated rings. The van der Waals surface area contributed by atoms with Crippen molar-refractivity contribution in [2.45, 2.75) is 19.1 Å². The number of hydroxylamine groups is 1. The van der Waals surface area contributed by atoms with Crippen molar-refractivity contribution >= 4 is 17.5 Å². The standard InChI is InChI=1S/C18H17N3O5/c1-2-25-16(22)12-18(14-6-4-3-5-7-14)19-17(20-26-18)13-8-10-15(11-9-13)21(23)24/h3-11H,2,12H2,1H3,(H,19,20). The quantitative estimate of drug-likeness (QED) is 0.485. The number of nitrogens with one attached hydrogen (secondary N) is 1. The zero-order chi connectivity index (χ0) is 18.6. The fourth-order valence-electron chi connectivity index (χ4n) is 2.63. The molecule has 1 atom stereocenters. The fraction of sp³-hybridized carbons (Fsp3) is 0.222. The van der Waals surface area contributed by atoms with Crippen LogP contribution in [0.1, 0.15) is 24.5 Å². The Labute approximate surface area is 149 Å². The number of non-ortho nitro benzene ring substituents is 1. The first-order chi connectivity index (χ1) is 12.5. The van der Waals surface area contributed by atoms with Crippen LogP contribution in [0.25, 0.3) is 0 Å². The van der Waals surface area contributed by atoms with Gasteiger partial charge in [-0.15, -0.1) is 0 Å². The summed E-state index contributed by atoms with van der Waals surface area (Å²) in [5.41, 5.74) is 2.75. The van der Waals surface area contributed by atoms with Crippen molar-refractivity contribution < 1.29 is 19.3 Å². The Hall–Kier alpha value is -3.26. The smallest absolute Gasteiger partial charge is 0.311 e. The molecule has 0 aliphatic carbocycles. The van der Waals surface area contributed by atoms with Crippen LogP contribution in [0.2, 0.25) is 0 Å². The first-order valence-corrected chi connectivity index (χ1v) is 8.04. The first kappa shape index (κ1) is 17.6. The number of aliphatic imine (C=N–C) groups is 1. The van der Waals surface area contributed by atoms with Gasteiger partial charge in [0, 0.05) is 23.3 Å². The van der Waals surface area contributed by atoms with E-state index in [4.69, 9.17) is 9.57 Å². The number of hydrogen-bond donors (Lipinski definition) is 1. The second-order valence-electron chi connectivity index (χ2n) is 5.60. The van der Waals surface area contributed by atoms with Crippen molar-refractivity contribution in [3.8, 4) is 0 Å². The molecule has 2 aromatic rings. The van der Waals surface area contributed by atoms with Crippen LogP contribution in [0.4, 0.5) is 5.69 Å². The van der Waals surface area contributed by atoms with Gasteiger partial charge in [-0.1, -0.05) is 30.3 Å². The summed E-state index contributed by atoms with van der Waals surface area (Å²) in [4.78, 5) is 32.7. The molecule has 2 aromatic carbocycles.